The quantitative estimate of drug-likeness (QED) is 0.145. The predicted molar refractivity (Wildman–Crippen MR) is 195 cm³/mol. The number of likely N-dealkylation sites (tertiary alicyclic amines) is 1. The molecule has 5 rings (SSSR count). The third-order valence-corrected chi connectivity index (χ3v) is 11.6. The number of aliphatic hydroxyl groups excluding tert-OH is 1. The number of alkyl halides is 1. The smallest absolute Gasteiger partial charge is 0.313 e. The number of esters is 1. The first-order valence-corrected chi connectivity index (χ1v) is 18.3. The normalized spacial score (nSPS) is 26.9. The Morgan fingerprint density at radius 3 is 2.46 bits per heavy atom. The van der Waals surface area contributed by atoms with E-state index in [-0.39, 0.29) is 30.1 Å². The Morgan fingerprint density at radius 2 is 1.84 bits per heavy atom. The summed E-state index contributed by atoms with van der Waals surface area (Å²) in [4.78, 5) is 61.2. The summed E-state index contributed by atoms with van der Waals surface area (Å²) in [6, 6.07) is 13.6. The Balaban J connectivity index is 1.55. The molecule has 3 saturated heterocycles. The molecule has 50 heavy (non-hydrogen) atoms. The third-order valence-electron chi connectivity index (χ3n) is 10.4. The Morgan fingerprint density at radius 1 is 1.16 bits per heavy atom. The molecular weight excluding hydrogens is 726 g/mol. The van der Waals surface area contributed by atoms with Crippen LogP contribution in [-0.4, -0.2) is 93.5 Å². The number of halogens is 2. The van der Waals surface area contributed by atoms with E-state index in [1.807, 2.05) is 44.2 Å². The van der Waals surface area contributed by atoms with E-state index in [0.717, 1.165) is 0 Å². The topological polar surface area (TPSA) is 117 Å². The zero-order chi connectivity index (χ0) is 36.3. The van der Waals surface area contributed by atoms with Gasteiger partial charge in [0, 0.05) is 24.8 Å². The molecule has 3 amide bonds. The lowest BCUT2D eigenvalue weighted by molar-refractivity contribution is -0.165. The van der Waals surface area contributed by atoms with Crippen molar-refractivity contribution in [3.05, 3.63) is 90.5 Å². The lowest BCUT2D eigenvalue weighted by atomic mass is 9.70. The van der Waals surface area contributed by atoms with E-state index in [0.29, 0.717) is 29.1 Å². The van der Waals surface area contributed by atoms with Gasteiger partial charge in [-0.3, -0.25) is 19.2 Å². The number of carbonyl (C=O) groups is 4. The Bertz CT molecular complexity index is 1610. The molecular formula is C38H45BrClN3O7. The van der Waals surface area contributed by atoms with Crippen LogP contribution in [0.25, 0.3) is 0 Å². The van der Waals surface area contributed by atoms with E-state index >= 15 is 0 Å². The number of benzene rings is 2. The molecule has 10 nitrogen and oxygen atoms in total. The monoisotopic (exact) mass is 769 g/mol. The van der Waals surface area contributed by atoms with Crippen molar-refractivity contribution in [2.75, 3.05) is 25.1 Å². The average Bonchev–Trinajstić information content (AvgIpc) is 3.72. The number of para-hydroxylation sites is 1. The fourth-order valence-electron chi connectivity index (χ4n) is 7.80. The Hall–Kier alpha value is -3.51. The van der Waals surface area contributed by atoms with Gasteiger partial charge in [0.25, 0.3) is 5.91 Å². The number of likely N-dealkylation sites (N-methyl/N-ethyl adjacent to an activating group) is 1. The van der Waals surface area contributed by atoms with Crippen LogP contribution < -0.4 is 4.90 Å². The number of nitrogens with zero attached hydrogens (tertiary/aromatic N) is 3. The molecule has 12 heteroatoms. The van der Waals surface area contributed by atoms with Crippen LogP contribution in [0.2, 0.25) is 5.02 Å². The number of amides is 3. The molecule has 1 unspecified atom stereocenters. The minimum atomic E-state index is -1.40. The highest BCUT2D eigenvalue weighted by atomic mass is 79.9. The van der Waals surface area contributed by atoms with Crippen molar-refractivity contribution in [1.29, 1.82) is 0 Å². The summed E-state index contributed by atoms with van der Waals surface area (Å²) in [5.41, 5.74) is -0.274. The van der Waals surface area contributed by atoms with E-state index in [1.165, 1.54) is 9.80 Å². The standard InChI is InChI=1S/C38H45BrClN3O7/c1-6-9-19-29(45)41(5)23(4)32(24-15-11-10-12-16-24)49-37(48)30-31-35(46)43(25(8-3)22-44)34(38(31)21-26(39)33(30)50-38)36(47)42(20-7-2)28-18-14-13-17-27(28)40/h6-7,10-18,23,25-26,30-34,44H,1-2,8-9,19-22H2,3-5H3/t23-,25+,26?,30+,31-,32+,33+,34+,38-/m1/s1. The third kappa shape index (κ3) is 6.65. The molecule has 3 aliphatic heterocycles. The SMILES string of the molecule is C=CCCC(=O)N(C)[C@H](C)[C@H](OC(=O)[C@@H]1[C@H]2O[C@@]3(CC2Br)[C@H](C(=O)N(CC=C)c2ccccc2Cl)N([C@@H](CC)CO)C(=O)[C@@H]13)c1ccccc1. The number of rotatable bonds is 15. The maximum absolute atomic E-state index is 14.8. The van der Waals surface area contributed by atoms with E-state index in [9.17, 15) is 24.3 Å². The maximum atomic E-state index is 14.8. The largest absolute Gasteiger partial charge is 0.455 e. The summed E-state index contributed by atoms with van der Waals surface area (Å²) >= 11 is 10.3. The van der Waals surface area contributed by atoms with Gasteiger partial charge in [-0.25, -0.2) is 0 Å². The second kappa shape index (κ2) is 15.8. The van der Waals surface area contributed by atoms with E-state index in [4.69, 9.17) is 21.1 Å². The molecule has 9 atom stereocenters. The molecule has 0 saturated carbocycles. The second-order valence-corrected chi connectivity index (χ2v) is 14.8. The van der Waals surface area contributed by atoms with Gasteiger partial charge < -0.3 is 29.3 Å². The summed E-state index contributed by atoms with van der Waals surface area (Å²) in [6.07, 6.45) is 3.02. The van der Waals surface area contributed by atoms with E-state index in [2.05, 4.69) is 29.1 Å². The number of hydrogen-bond acceptors (Lipinski definition) is 7. The molecule has 3 heterocycles. The van der Waals surface area contributed by atoms with Gasteiger partial charge in [-0.2, -0.15) is 0 Å². The molecule has 0 aliphatic carbocycles. The Kier molecular flexibility index (Phi) is 11.9. The number of allylic oxidation sites excluding steroid dienone is 1. The molecule has 2 aromatic rings. The molecule has 0 aromatic heterocycles. The molecule has 2 bridgehead atoms. The van der Waals surface area contributed by atoms with E-state index in [1.54, 1.807) is 48.4 Å². The van der Waals surface area contributed by atoms with Crippen molar-refractivity contribution < 1.29 is 33.8 Å². The van der Waals surface area contributed by atoms with Crippen molar-refractivity contribution in [3.63, 3.8) is 0 Å². The predicted octanol–water partition coefficient (Wildman–Crippen LogP) is 5.48. The van der Waals surface area contributed by atoms with Crippen molar-refractivity contribution in [1.82, 2.24) is 9.80 Å². The number of aliphatic hydroxyl groups is 1. The summed E-state index contributed by atoms with van der Waals surface area (Å²) in [6.45, 7) is 10.9. The number of carbonyl (C=O) groups excluding carboxylic acids is 4. The highest BCUT2D eigenvalue weighted by molar-refractivity contribution is 9.09. The molecule has 1 spiro atoms. The highest BCUT2D eigenvalue weighted by Gasteiger charge is 2.77. The zero-order valence-corrected chi connectivity index (χ0v) is 31.0. The van der Waals surface area contributed by atoms with Crippen LogP contribution in [0.4, 0.5) is 5.69 Å². The summed E-state index contributed by atoms with van der Waals surface area (Å²) in [5, 5.41) is 10.8. The summed E-state index contributed by atoms with van der Waals surface area (Å²) in [5.74, 6) is -3.81. The zero-order valence-electron chi connectivity index (χ0n) is 28.6. The van der Waals surface area contributed by atoms with Gasteiger partial charge in [-0.1, -0.05) is 89.1 Å². The van der Waals surface area contributed by atoms with Crippen molar-refractivity contribution in [3.8, 4) is 0 Å². The molecule has 3 aliphatic rings. The van der Waals surface area contributed by atoms with Crippen LogP contribution in [0.15, 0.2) is 79.9 Å². The first kappa shape index (κ1) is 37.7. The van der Waals surface area contributed by atoms with Crippen molar-refractivity contribution in [2.24, 2.45) is 11.8 Å². The number of fused-ring (bicyclic) bond motifs is 1. The molecule has 1 N–H and O–H groups in total. The number of hydrogen-bond donors (Lipinski definition) is 1. The van der Waals surface area contributed by atoms with Gasteiger partial charge in [-0.15, -0.1) is 13.2 Å². The summed E-state index contributed by atoms with van der Waals surface area (Å²) < 4.78 is 13.0. The van der Waals surface area contributed by atoms with Crippen molar-refractivity contribution in [2.45, 2.75) is 80.3 Å². The fraction of sp³-hybridized carbons (Fsp3) is 0.474. The lowest BCUT2D eigenvalue weighted by Crippen LogP contribution is -2.59. The molecule has 2 aromatic carbocycles. The molecule has 3 fully saturated rings. The van der Waals surface area contributed by atoms with Gasteiger partial charge in [0.2, 0.25) is 11.8 Å². The van der Waals surface area contributed by atoms with Gasteiger partial charge >= 0.3 is 5.97 Å². The molecule has 268 valence electrons. The molecule has 0 radical (unpaired) electrons. The highest BCUT2D eigenvalue weighted by Crippen LogP contribution is 2.61. The van der Waals surface area contributed by atoms with E-state index < -0.39 is 72.2 Å². The first-order chi connectivity index (χ1) is 24.0. The van der Waals surface area contributed by atoms with Crippen LogP contribution in [-0.2, 0) is 28.7 Å². The van der Waals surface area contributed by atoms with Crippen LogP contribution in [0.5, 0.6) is 0 Å². The van der Waals surface area contributed by atoms with Gasteiger partial charge in [0.15, 0.2) is 0 Å². The minimum Gasteiger partial charge on any atom is -0.455 e. The minimum absolute atomic E-state index is 0.0973. The number of ether oxygens (including phenoxy) is 2. The maximum Gasteiger partial charge on any atom is 0.313 e. The van der Waals surface area contributed by atoms with Crippen LogP contribution in [0, 0.1) is 11.8 Å². The lowest BCUT2D eigenvalue weighted by Gasteiger charge is -2.39. The average molecular weight is 771 g/mol. The first-order valence-electron chi connectivity index (χ1n) is 17.0. The van der Waals surface area contributed by atoms with Gasteiger partial charge in [0.05, 0.1) is 47.3 Å². The Labute approximate surface area is 307 Å². The number of anilines is 1. The van der Waals surface area contributed by atoms with Crippen LogP contribution in [0.1, 0.15) is 51.2 Å². The van der Waals surface area contributed by atoms with Crippen molar-refractivity contribution >= 4 is 56.9 Å². The second-order valence-electron chi connectivity index (χ2n) is 13.2. The van der Waals surface area contributed by atoms with Gasteiger partial charge in [0.1, 0.15) is 17.7 Å². The fourth-order valence-corrected chi connectivity index (χ4v) is 8.98. The van der Waals surface area contributed by atoms with Gasteiger partial charge in [-0.05, 0) is 43.9 Å². The van der Waals surface area contributed by atoms with Crippen LogP contribution in [0.3, 0.4) is 0 Å². The van der Waals surface area contributed by atoms with Crippen LogP contribution >= 0.6 is 27.5 Å². The summed E-state index contributed by atoms with van der Waals surface area (Å²) in [7, 11) is 1.67.